The molecule has 1 atom stereocenters. The smallest absolute Gasteiger partial charge is 0.241 e. The number of hydrogen-bond acceptors (Lipinski definition) is 3. The zero-order valence-corrected chi connectivity index (χ0v) is 11.3. The highest BCUT2D eigenvalue weighted by Crippen LogP contribution is 2.24. The summed E-state index contributed by atoms with van der Waals surface area (Å²) in [6, 6.07) is 6.91. The van der Waals surface area contributed by atoms with Gasteiger partial charge in [-0.2, -0.15) is 0 Å². The van der Waals surface area contributed by atoms with Crippen LogP contribution in [0.1, 0.15) is 33.6 Å². The molecule has 0 fully saturated rings. The molecule has 0 aliphatic heterocycles. The average Bonchev–Trinajstić information content (AvgIpc) is 2.31. The summed E-state index contributed by atoms with van der Waals surface area (Å²) in [5, 5.41) is 2.81. The lowest BCUT2D eigenvalue weighted by molar-refractivity contribution is -0.117. The minimum absolute atomic E-state index is 0.0624. The number of rotatable bonds is 6. The summed E-state index contributed by atoms with van der Waals surface area (Å²) < 4.78 is 5.63. The molecule has 1 aromatic carbocycles. The van der Waals surface area contributed by atoms with E-state index in [2.05, 4.69) is 5.32 Å². The van der Waals surface area contributed by atoms with Crippen molar-refractivity contribution in [2.45, 2.75) is 45.8 Å². The van der Waals surface area contributed by atoms with Crippen molar-refractivity contribution >= 4 is 11.6 Å². The van der Waals surface area contributed by atoms with Gasteiger partial charge in [0.05, 0.1) is 17.8 Å². The van der Waals surface area contributed by atoms with Crippen molar-refractivity contribution in [3.63, 3.8) is 0 Å². The van der Waals surface area contributed by atoms with E-state index in [0.29, 0.717) is 17.9 Å². The van der Waals surface area contributed by atoms with Crippen LogP contribution in [0.15, 0.2) is 24.3 Å². The first-order valence-electron chi connectivity index (χ1n) is 6.36. The summed E-state index contributed by atoms with van der Waals surface area (Å²) in [7, 11) is 0. The number of amides is 1. The van der Waals surface area contributed by atoms with Crippen LogP contribution < -0.4 is 15.8 Å². The Morgan fingerprint density at radius 2 is 2.06 bits per heavy atom. The van der Waals surface area contributed by atoms with Crippen LogP contribution in [0.5, 0.6) is 5.75 Å². The van der Waals surface area contributed by atoms with Crippen LogP contribution in [0.25, 0.3) is 0 Å². The molecule has 1 rings (SSSR count). The van der Waals surface area contributed by atoms with Crippen molar-refractivity contribution in [1.29, 1.82) is 0 Å². The number of carbonyl (C=O) groups excluding carboxylic acids is 1. The second-order valence-electron chi connectivity index (χ2n) is 4.55. The maximum atomic E-state index is 11.8. The van der Waals surface area contributed by atoms with Crippen LogP contribution >= 0.6 is 0 Å². The Morgan fingerprint density at radius 1 is 1.39 bits per heavy atom. The van der Waals surface area contributed by atoms with E-state index in [1.54, 1.807) is 0 Å². The van der Waals surface area contributed by atoms with Gasteiger partial charge < -0.3 is 15.8 Å². The van der Waals surface area contributed by atoms with E-state index in [9.17, 15) is 4.79 Å². The third-order valence-electron chi connectivity index (χ3n) is 2.44. The molecular weight excluding hydrogens is 228 g/mol. The van der Waals surface area contributed by atoms with Gasteiger partial charge in [-0.1, -0.05) is 25.5 Å². The van der Waals surface area contributed by atoms with Gasteiger partial charge in [0.15, 0.2) is 0 Å². The topological polar surface area (TPSA) is 64.4 Å². The fraction of sp³-hybridized carbons (Fsp3) is 0.500. The predicted octanol–water partition coefficient (Wildman–Crippen LogP) is 2.54. The lowest BCUT2D eigenvalue weighted by Gasteiger charge is -2.16. The Hall–Kier alpha value is -1.55. The van der Waals surface area contributed by atoms with E-state index in [-0.39, 0.29) is 12.0 Å². The van der Waals surface area contributed by atoms with Crippen LogP contribution in [-0.2, 0) is 4.79 Å². The Kier molecular flexibility index (Phi) is 5.65. The monoisotopic (exact) mass is 250 g/mol. The van der Waals surface area contributed by atoms with Crippen LogP contribution in [0.3, 0.4) is 0 Å². The summed E-state index contributed by atoms with van der Waals surface area (Å²) in [4.78, 5) is 11.8. The highest BCUT2D eigenvalue weighted by Gasteiger charge is 2.14. The molecule has 0 bridgehead atoms. The average molecular weight is 250 g/mol. The first-order valence-corrected chi connectivity index (χ1v) is 6.36. The van der Waals surface area contributed by atoms with Crippen molar-refractivity contribution in [2.75, 3.05) is 5.32 Å². The predicted molar refractivity (Wildman–Crippen MR) is 73.7 cm³/mol. The lowest BCUT2D eigenvalue weighted by atomic mass is 10.1. The van der Waals surface area contributed by atoms with Crippen LogP contribution in [0.2, 0.25) is 0 Å². The molecule has 0 radical (unpaired) electrons. The van der Waals surface area contributed by atoms with Crippen LogP contribution in [0, 0.1) is 0 Å². The van der Waals surface area contributed by atoms with Crippen molar-refractivity contribution in [1.82, 2.24) is 0 Å². The zero-order chi connectivity index (χ0) is 13.5. The number of carbonyl (C=O) groups is 1. The van der Waals surface area contributed by atoms with Crippen molar-refractivity contribution in [3.05, 3.63) is 24.3 Å². The fourth-order valence-electron chi connectivity index (χ4n) is 1.59. The molecule has 100 valence electrons. The largest absolute Gasteiger partial charge is 0.489 e. The van der Waals surface area contributed by atoms with Gasteiger partial charge in [-0.25, -0.2) is 0 Å². The molecule has 1 amide bonds. The molecule has 3 N–H and O–H groups in total. The number of hydrogen-bond donors (Lipinski definition) is 2. The molecule has 4 nitrogen and oxygen atoms in total. The molecule has 1 aromatic rings. The number of benzene rings is 1. The van der Waals surface area contributed by atoms with E-state index < -0.39 is 6.04 Å². The first kappa shape index (κ1) is 14.5. The lowest BCUT2D eigenvalue weighted by Crippen LogP contribution is -2.35. The maximum absolute atomic E-state index is 11.8. The van der Waals surface area contributed by atoms with Gasteiger partial charge >= 0.3 is 0 Å². The third kappa shape index (κ3) is 4.37. The minimum Gasteiger partial charge on any atom is -0.489 e. The molecule has 0 saturated carbocycles. The first-order chi connectivity index (χ1) is 8.54. The SMILES string of the molecule is CCC[C@H](N)C(=O)Nc1ccccc1OC(C)C. The van der Waals surface area contributed by atoms with Crippen LogP contribution in [0.4, 0.5) is 5.69 Å². The van der Waals surface area contributed by atoms with Crippen molar-refractivity contribution in [2.24, 2.45) is 5.73 Å². The molecule has 0 aromatic heterocycles. The molecule has 0 saturated heterocycles. The van der Waals surface area contributed by atoms with E-state index in [1.165, 1.54) is 0 Å². The van der Waals surface area contributed by atoms with Gasteiger partial charge in [-0.15, -0.1) is 0 Å². The van der Waals surface area contributed by atoms with Gasteiger partial charge in [0.1, 0.15) is 5.75 Å². The number of ether oxygens (including phenoxy) is 1. The molecule has 18 heavy (non-hydrogen) atoms. The van der Waals surface area contributed by atoms with E-state index in [4.69, 9.17) is 10.5 Å². The van der Waals surface area contributed by atoms with E-state index in [1.807, 2.05) is 45.0 Å². The van der Waals surface area contributed by atoms with E-state index in [0.717, 1.165) is 6.42 Å². The molecule has 0 unspecified atom stereocenters. The summed E-state index contributed by atoms with van der Waals surface area (Å²) in [6.07, 6.45) is 1.63. The standard InChI is InChI=1S/C14H22N2O2/c1-4-7-11(15)14(17)16-12-8-5-6-9-13(12)18-10(2)3/h5-6,8-11H,4,7,15H2,1-3H3,(H,16,17)/t11-/m0/s1. The van der Waals surface area contributed by atoms with Gasteiger partial charge in [0.25, 0.3) is 0 Å². The Labute approximate surface area is 109 Å². The summed E-state index contributed by atoms with van der Waals surface area (Å²) >= 11 is 0. The Bertz CT molecular complexity index is 391. The van der Waals surface area contributed by atoms with E-state index >= 15 is 0 Å². The highest BCUT2D eigenvalue weighted by molar-refractivity contribution is 5.95. The minimum atomic E-state index is -0.470. The van der Waals surface area contributed by atoms with Gasteiger partial charge in [0, 0.05) is 0 Å². The normalized spacial score (nSPS) is 12.3. The third-order valence-corrected chi connectivity index (χ3v) is 2.44. The summed E-state index contributed by atoms with van der Waals surface area (Å²) in [6.45, 7) is 5.89. The summed E-state index contributed by atoms with van der Waals surface area (Å²) in [5.41, 5.74) is 6.44. The number of para-hydroxylation sites is 2. The zero-order valence-electron chi connectivity index (χ0n) is 11.3. The molecular formula is C14H22N2O2. The molecule has 0 aliphatic rings. The van der Waals surface area contributed by atoms with Gasteiger partial charge in [-0.05, 0) is 32.4 Å². The Balaban J connectivity index is 2.74. The second-order valence-corrected chi connectivity index (χ2v) is 4.55. The van der Waals surface area contributed by atoms with Crippen LogP contribution in [-0.4, -0.2) is 18.1 Å². The fourth-order valence-corrected chi connectivity index (χ4v) is 1.59. The molecule has 0 aliphatic carbocycles. The molecule has 0 spiro atoms. The summed E-state index contributed by atoms with van der Waals surface area (Å²) in [5.74, 6) is 0.501. The highest BCUT2D eigenvalue weighted by atomic mass is 16.5. The van der Waals surface area contributed by atoms with Crippen molar-refractivity contribution in [3.8, 4) is 5.75 Å². The number of nitrogens with one attached hydrogen (secondary N) is 1. The number of anilines is 1. The van der Waals surface area contributed by atoms with Gasteiger partial charge in [-0.3, -0.25) is 4.79 Å². The quantitative estimate of drug-likeness (QED) is 0.815. The Morgan fingerprint density at radius 3 is 2.67 bits per heavy atom. The maximum Gasteiger partial charge on any atom is 0.241 e. The van der Waals surface area contributed by atoms with Crippen molar-refractivity contribution < 1.29 is 9.53 Å². The molecule has 0 heterocycles. The second kappa shape index (κ2) is 7.01. The molecule has 4 heteroatoms. The van der Waals surface area contributed by atoms with Gasteiger partial charge in [0.2, 0.25) is 5.91 Å². The number of nitrogens with two attached hydrogens (primary N) is 1.